The number of halogens is 3. The Bertz CT molecular complexity index is 1220. The van der Waals surface area contributed by atoms with Crippen molar-refractivity contribution < 1.29 is 32.6 Å². The van der Waals surface area contributed by atoms with Crippen molar-refractivity contribution >= 4 is 28.6 Å². The number of pyridine rings is 1. The molecule has 1 aromatic carbocycles. The minimum Gasteiger partial charge on any atom is -0.465 e. The molecule has 180 valence electrons. The fourth-order valence-electron chi connectivity index (χ4n) is 4.18. The lowest BCUT2D eigenvalue weighted by Crippen LogP contribution is -2.18. The Morgan fingerprint density at radius 3 is 2.56 bits per heavy atom. The number of rotatable bonds is 5. The summed E-state index contributed by atoms with van der Waals surface area (Å²) < 4.78 is 43.7. The number of aliphatic hydroxyl groups is 1. The van der Waals surface area contributed by atoms with Crippen molar-refractivity contribution in [2.24, 2.45) is 5.92 Å². The normalized spacial score (nSPS) is 18.6. The van der Waals surface area contributed by atoms with Gasteiger partial charge in [0.1, 0.15) is 17.2 Å². The fraction of sp³-hybridized carbons (Fsp3) is 0.391. The van der Waals surface area contributed by atoms with Gasteiger partial charge in [0.15, 0.2) is 0 Å². The first kappa shape index (κ1) is 23.7. The number of aromatic nitrogens is 3. The minimum absolute atomic E-state index is 0.0114. The van der Waals surface area contributed by atoms with Gasteiger partial charge >= 0.3 is 12.1 Å². The van der Waals surface area contributed by atoms with Crippen molar-refractivity contribution in [1.29, 1.82) is 0 Å². The van der Waals surface area contributed by atoms with E-state index in [1.54, 1.807) is 0 Å². The highest BCUT2D eigenvalue weighted by molar-refractivity contribution is 6.09. The number of nitrogens with zero attached hydrogens (tertiary/aromatic N) is 2. The van der Waals surface area contributed by atoms with Gasteiger partial charge in [0.2, 0.25) is 0 Å². The number of alkyl halides is 3. The highest BCUT2D eigenvalue weighted by Crippen LogP contribution is 2.36. The molecule has 2 heterocycles. The summed E-state index contributed by atoms with van der Waals surface area (Å²) in [5, 5.41) is 11.8. The van der Waals surface area contributed by atoms with Crippen molar-refractivity contribution in [3.63, 3.8) is 0 Å². The molecule has 3 aromatic rings. The molecule has 0 bridgehead atoms. The lowest BCUT2D eigenvalue weighted by Gasteiger charge is -2.25. The first-order valence-corrected chi connectivity index (χ1v) is 10.8. The number of nitrogens with one attached hydrogen (secondary N) is 2. The van der Waals surface area contributed by atoms with E-state index in [9.17, 15) is 27.9 Å². The number of H-pyrrole nitrogens is 1. The van der Waals surface area contributed by atoms with Gasteiger partial charge in [-0.25, -0.2) is 14.8 Å². The van der Waals surface area contributed by atoms with Gasteiger partial charge in [0, 0.05) is 12.5 Å². The third-order valence-corrected chi connectivity index (χ3v) is 6.06. The zero-order valence-electron chi connectivity index (χ0n) is 18.3. The SMILES string of the molecule is COC(=O)c1cc2nc(C3CCC(CO)CC3)[nH]c2cc1NC(=O)c1cccc(C(F)(F)F)n1. The topological polar surface area (TPSA) is 117 Å². The number of anilines is 1. The number of aliphatic hydroxyl groups excluding tert-OH is 1. The molecule has 1 fully saturated rings. The molecule has 3 N–H and O–H groups in total. The second-order valence-electron chi connectivity index (χ2n) is 8.29. The lowest BCUT2D eigenvalue weighted by atomic mass is 9.82. The van der Waals surface area contributed by atoms with Crippen LogP contribution in [0.3, 0.4) is 0 Å². The Kier molecular flexibility index (Phi) is 6.56. The summed E-state index contributed by atoms with van der Waals surface area (Å²) in [5.74, 6) is -0.438. The summed E-state index contributed by atoms with van der Waals surface area (Å²) in [7, 11) is 1.18. The molecule has 4 rings (SSSR count). The number of fused-ring (bicyclic) bond motifs is 1. The number of carbonyl (C=O) groups excluding carboxylic acids is 2. The largest absolute Gasteiger partial charge is 0.465 e. The average Bonchev–Trinajstić information content (AvgIpc) is 3.25. The first-order valence-electron chi connectivity index (χ1n) is 10.8. The van der Waals surface area contributed by atoms with Crippen LogP contribution in [0, 0.1) is 5.92 Å². The van der Waals surface area contributed by atoms with Crippen LogP contribution in [-0.2, 0) is 10.9 Å². The molecule has 0 unspecified atom stereocenters. The average molecular weight is 476 g/mol. The number of methoxy groups -OCH3 is 1. The van der Waals surface area contributed by atoms with Crippen LogP contribution in [0.25, 0.3) is 11.0 Å². The van der Waals surface area contributed by atoms with Crippen molar-refractivity contribution in [2.45, 2.75) is 37.8 Å². The van der Waals surface area contributed by atoms with E-state index >= 15 is 0 Å². The van der Waals surface area contributed by atoms with Crippen molar-refractivity contribution in [1.82, 2.24) is 15.0 Å². The van der Waals surface area contributed by atoms with E-state index in [1.807, 2.05) is 0 Å². The second-order valence-corrected chi connectivity index (χ2v) is 8.29. The summed E-state index contributed by atoms with van der Waals surface area (Å²) in [6, 6.07) is 5.97. The Morgan fingerprint density at radius 2 is 1.91 bits per heavy atom. The number of carbonyl (C=O) groups is 2. The molecule has 11 heteroatoms. The van der Waals surface area contributed by atoms with Gasteiger partial charge in [-0.2, -0.15) is 13.2 Å². The van der Waals surface area contributed by atoms with Crippen LogP contribution in [0.4, 0.5) is 18.9 Å². The molecule has 8 nitrogen and oxygen atoms in total. The molecule has 0 spiro atoms. The minimum atomic E-state index is -4.70. The quantitative estimate of drug-likeness (QED) is 0.473. The van der Waals surface area contributed by atoms with E-state index in [2.05, 4.69) is 20.3 Å². The van der Waals surface area contributed by atoms with Crippen LogP contribution in [0.1, 0.15) is 64.0 Å². The van der Waals surface area contributed by atoms with Crippen molar-refractivity contribution in [3.8, 4) is 0 Å². The highest BCUT2D eigenvalue weighted by atomic mass is 19.4. The van der Waals surface area contributed by atoms with Gasteiger partial charge in [0.05, 0.1) is 29.4 Å². The number of amides is 1. The fourth-order valence-corrected chi connectivity index (χ4v) is 4.18. The summed E-state index contributed by atoms with van der Waals surface area (Å²) >= 11 is 0. The Labute approximate surface area is 192 Å². The Morgan fingerprint density at radius 1 is 1.18 bits per heavy atom. The first-order chi connectivity index (χ1) is 16.2. The van der Waals surface area contributed by atoms with E-state index in [0.29, 0.717) is 11.0 Å². The molecular formula is C23H23F3N4O4. The van der Waals surface area contributed by atoms with Crippen LogP contribution in [0.5, 0.6) is 0 Å². The molecule has 1 aliphatic carbocycles. The molecular weight excluding hydrogens is 453 g/mol. The van der Waals surface area contributed by atoms with E-state index in [-0.39, 0.29) is 29.7 Å². The molecule has 1 saturated carbocycles. The standard InChI is InChI=1S/C23H23F3N4O4/c1-34-22(33)14-9-17-18(29-20(28-17)13-7-5-12(11-31)6-8-13)10-16(14)30-21(32)15-3-2-4-19(27-15)23(24,25)26/h2-4,9-10,12-13,31H,5-8,11H2,1H3,(H,28,29)(H,30,32). The maximum absolute atomic E-state index is 13.0. The smallest absolute Gasteiger partial charge is 0.433 e. The summed E-state index contributed by atoms with van der Waals surface area (Å²) in [6.45, 7) is 0.166. The Hall–Kier alpha value is -3.47. The number of aromatic amines is 1. The molecule has 0 aliphatic heterocycles. The molecule has 0 atom stereocenters. The van der Waals surface area contributed by atoms with Crippen molar-refractivity contribution in [2.75, 3.05) is 19.0 Å². The maximum atomic E-state index is 13.0. The second kappa shape index (κ2) is 9.41. The Balaban J connectivity index is 1.65. The van der Waals surface area contributed by atoms with Gasteiger partial charge < -0.3 is 20.1 Å². The van der Waals surface area contributed by atoms with E-state index in [1.165, 1.54) is 19.2 Å². The number of esters is 1. The number of imidazole rings is 1. The summed E-state index contributed by atoms with van der Waals surface area (Å²) in [4.78, 5) is 36.2. The zero-order chi connectivity index (χ0) is 24.5. The van der Waals surface area contributed by atoms with E-state index in [4.69, 9.17) is 4.74 Å². The summed E-state index contributed by atoms with van der Waals surface area (Å²) in [6.07, 6.45) is -1.21. The van der Waals surface area contributed by atoms with Gasteiger partial charge in [-0.05, 0) is 55.9 Å². The molecule has 2 aromatic heterocycles. The number of hydrogen-bond acceptors (Lipinski definition) is 6. The monoisotopic (exact) mass is 476 g/mol. The van der Waals surface area contributed by atoms with Crippen LogP contribution in [0.2, 0.25) is 0 Å². The van der Waals surface area contributed by atoms with Crippen LogP contribution in [0.15, 0.2) is 30.3 Å². The molecule has 34 heavy (non-hydrogen) atoms. The van der Waals surface area contributed by atoms with Gasteiger partial charge in [0.25, 0.3) is 5.91 Å². The van der Waals surface area contributed by atoms with E-state index < -0.39 is 29.4 Å². The van der Waals surface area contributed by atoms with Gasteiger partial charge in [-0.3, -0.25) is 4.79 Å². The number of benzene rings is 1. The highest BCUT2D eigenvalue weighted by Gasteiger charge is 2.33. The zero-order valence-corrected chi connectivity index (χ0v) is 18.3. The molecule has 0 saturated heterocycles. The molecule has 0 radical (unpaired) electrons. The summed E-state index contributed by atoms with van der Waals surface area (Å²) in [5.41, 5.74) is -0.524. The number of hydrogen-bond donors (Lipinski definition) is 3. The van der Waals surface area contributed by atoms with Crippen LogP contribution in [-0.4, -0.2) is 45.7 Å². The van der Waals surface area contributed by atoms with E-state index in [0.717, 1.165) is 49.7 Å². The predicted octanol–water partition coefficient (Wildman–Crippen LogP) is 4.28. The third kappa shape index (κ3) is 4.89. The predicted molar refractivity (Wildman–Crippen MR) is 116 cm³/mol. The third-order valence-electron chi connectivity index (χ3n) is 6.06. The lowest BCUT2D eigenvalue weighted by molar-refractivity contribution is -0.141. The van der Waals surface area contributed by atoms with Gasteiger partial charge in [-0.15, -0.1) is 0 Å². The van der Waals surface area contributed by atoms with Crippen LogP contribution >= 0.6 is 0 Å². The van der Waals surface area contributed by atoms with Crippen LogP contribution < -0.4 is 5.32 Å². The molecule has 1 aliphatic rings. The van der Waals surface area contributed by atoms with Crippen molar-refractivity contribution in [3.05, 3.63) is 53.1 Å². The molecule has 1 amide bonds. The maximum Gasteiger partial charge on any atom is 0.433 e. The van der Waals surface area contributed by atoms with Gasteiger partial charge in [-0.1, -0.05) is 6.07 Å². The number of ether oxygens (including phenoxy) is 1.